The number of alkyl halides is 3. The van der Waals surface area contributed by atoms with Crippen molar-refractivity contribution in [3.63, 3.8) is 0 Å². The fourth-order valence-corrected chi connectivity index (χ4v) is 1.96. The molecule has 0 unspecified atom stereocenters. The van der Waals surface area contributed by atoms with Crippen molar-refractivity contribution in [3.8, 4) is 0 Å². The van der Waals surface area contributed by atoms with Gasteiger partial charge >= 0.3 is 12.1 Å². The second-order valence-corrected chi connectivity index (χ2v) is 4.60. The Labute approximate surface area is 112 Å². The van der Waals surface area contributed by atoms with Crippen LogP contribution in [0.5, 0.6) is 0 Å². The quantitative estimate of drug-likeness (QED) is 0.918. The number of hydrogen-bond acceptors (Lipinski definition) is 3. The Morgan fingerprint density at radius 2 is 2.00 bits per heavy atom. The van der Waals surface area contributed by atoms with Crippen molar-refractivity contribution in [1.82, 2.24) is 9.88 Å². The smallest absolute Gasteiger partial charge is 0.417 e. The first-order valence-corrected chi connectivity index (χ1v) is 5.81. The molecule has 0 saturated carbocycles. The summed E-state index contributed by atoms with van der Waals surface area (Å²) in [6, 6.07) is 1.82. The van der Waals surface area contributed by atoms with E-state index in [1.54, 1.807) is 0 Å². The lowest BCUT2D eigenvalue weighted by atomic mass is 9.96. The van der Waals surface area contributed by atoms with Crippen LogP contribution in [0.15, 0.2) is 18.3 Å². The molecule has 1 saturated heterocycles. The molecule has 0 bridgehead atoms. The van der Waals surface area contributed by atoms with Crippen molar-refractivity contribution in [2.24, 2.45) is 5.92 Å². The number of pyridine rings is 1. The van der Waals surface area contributed by atoms with Gasteiger partial charge < -0.3 is 10.0 Å². The third-order valence-corrected chi connectivity index (χ3v) is 3.02. The molecule has 1 aromatic heterocycles. The fraction of sp³-hybridized carbons (Fsp3) is 0.417. The van der Waals surface area contributed by atoms with Gasteiger partial charge in [0, 0.05) is 25.2 Å². The summed E-state index contributed by atoms with van der Waals surface area (Å²) in [4.78, 5) is 27.2. The molecule has 5 nitrogen and oxygen atoms in total. The van der Waals surface area contributed by atoms with Crippen LogP contribution >= 0.6 is 0 Å². The molecule has 1 N–H and O–H groups in total. The van der Waals surface area contributed by atoms with Crippen LogP contribution in [0.3, 0.4) is 0 Å². The highest BCUT2D eigenvalue weighted by atomic mass is 19.4. The number of carboxylic acid groups (broad SMARTS) is 1. The number of amides is 1. The van der Waals surface area contributed by atoms with E-state index in [2.05, 4.69) is 4.98 Å². The molecule has 0 radical (unpaired) electrons. The van der Waals surface area contributed by atoms with E-state index in [1.807, 2.05) is 0 Å². The average molecular weight is 288 g/mol. The summed E-state index contributed by atoms with van der Waals surface area (Å²) in [6.45, 7) is 0.571. The Morgan fingerprint density at radius 3 is 2.45 bits per heavy atom. The van der Waals surface area contributed by atoms with Crippen LogP contribution in [0.4, 0.5) is 13.2 Å². The third-order valence-electron chi connectivity index (χ3n) is 3.02. The molecule has 2 heterocycles. The molecule has 1 amide bonds. The summed E-state index contributed by atoms with van der Waals surface area (Å²) in [5.74, 6) is -1.53. The summed E-state index contributed by atoms with van der Waals surface area (Å²) in [6.07, 6.45) is -3.90. The molecule has 1 aliphatic heterocycles. The number of rotatable bonds is 3. The van der Waals surface area contributed by atoms with Crippen molar-refractivity contribution >= 4 is 11.9 Å². The minimum absolute atomic E-state index is 0.0236. The zero-order valence-corrected chi connectivity index (χ0v) is 10.2. The van der Waals surface area contributed by atoms with Gasteiger partial charge in [-0.3, -0.25) is 14.6 Å². The molecular weight excluding hydrogens is 277 g/mol. The molecule has 0 spiro atoms. The van der Waals surface area contributed by atoms with Gasteiger partial charge in [-0.2, -0.15) is 13.2 Å². The predicted octanol–water partition coefficient (Wildman–Crippen LogP) is 1.65. The van der Waals surface area contributed by atoms with E-state index in [4.69, 9.17) is 5.11 Å². The molecule has 2 rings (SSSR count). The monoisotopic (exact) mass is 288 g/mol. The van der Waals surface area contributed by atoms with E-state index >= 15 is 0 Å². The summed E-state index contributed by atoms with van der Waals surface area (Å²) in [5.41, 5.74) is -0.992. The number of hydrogen-bond donors (Lipinski definition) is 1. The fourth-order valence-electron chi connectivity index (χ4n) is 1.96. The van der Waals surface area contributed by atoms with Gasteiger partial charge in [-0.05, 0) is 12.1 Å². The summed E-state index contributed by atoms with van der Waals surface area (Å²) in [5, 5.41) is 8.58. The molecule has 1 aliphatic rings. The van der Waals surface area contributed by atoms with Crippen molar-refractivity contribution in [2.45, 2.75) is 12.6 Å². The normalized spacial score (nSPS) is 15.8. The van der Waals surface area contributed by atoms with E-state index in [0.717, 1.165) is 12.1 Å². The van der Waals surface area contributed by atoms with Crippen LogP contribution in [-0.2, 0) is 11.0 Å². The standard InChI is InChI=1S/C12H11F3N2O3/c13-12(14,15)8-1-2-9(16-4-8)11(20)17-5-7(6-17)3-10(18)19/h1-2,4,7H,3,5-6H2,(H,18,19). The second kappa shape index (κ2) is 5.10. The Hall–Kier alpha value is -2.12. The first-order chi connectivity index (χ1) is 9.27. The van der Waals surface area contributed by atoms with E-state index in [-0.39, 0.29) is 31.1 Å². The lowest BCUT2D eigenvalue weighted by Gasteiger charge is -2.38. The number of aliphatic carboxylic acids is 1. The van der Waals surface area contributed by atoms with E-state index in [0.29, 0.717) is 6.20 Å². The Morgan fingerprint density at radius 1 is 1.35 bits per heavy atom. The van der Waals surface area contributed by atoms with Gasteiger partial charge in [-0.15, -0.1) is 0 Å². The van der Waals surface area contributed by atoms with Crippen LogP contribution in [0.25, 0.3) is 0 Å². The molecule has 1 fully saturated rings. The maximum absolute atomic E-state index is 12.3. The van der Waals surface area contributed by atoms with Crippen LogP contribution in [0.2, 0.25) is 0 Å². The number of likely N-dealkylation sites (tertiary alicyclic amines) is 1. The topological polar surface area (TPSA) is 70.5 Å². The first kappa shape index (κ1) is 14.3. The van der Waals surface area contributed by atoms with Crippen LogP contribution in [0, 0.1) is 5.92 Å². The molecular formula is C12H11F3N2O3. The lowest BCUT2D eigenvalue weighted by molar-refractivity contribution is -0.139. The molecule has 108 valence electrons. The number of aromatic nitrogens is 1. The van der Waals surface area contributed by atoms with Gasteiger partial charge in [0.2, 0.25) is 0 Å². The highest BCUT2D eigenvalue weighted by molar-refractivity contribution is 5.92. The highest BCUT2D eigenvalue weighted by Crippen LogP contribution is 2.28. The zero-order valence-electron chi connectivity index (χ0n) is 10.2. The third kappa shape index (κ3) is 3.06. The van der Waals surface area contributed by atoms with Gasteiger partial charge in [0.25, 0.3) is 5.91 Å². The number of carbonyl (C=O) groups excluding carboxylic acids is 1. The number of carbonyl (C=O) groups is 2. The number of carboxylic acids is 1. The highest BCUT2D eigenvalue weighted by Gasteiger charge is 2.34. The van der Waals surface area contributed by atoms with E-state index in [9.17, 15) is 22.8 Å². The minimum Gasteiger partial charge on any atom is -0.481 e. The summed E-state index contributed by atoms with van der Waals surface area (Å²) < 4.78 is 37.0. The molecule has 0 aliphatic carbocycles. The van der Waals surface area contributed by atoms with Gasteiger partial charge in [0.1, 0.15) is 5.69 Å². The first-order valence-electron chi connectivity index (χ1n) is 5.81. The van der Waals surface area contributed by atoms with Crippen LogP contribution < -0.4 is 0 Å². The Kier molecular flexibility index (Phi) is 3.65. The summed E-state index contributed by atoms with van der Waals surface area (Å²) >= 11 is 0. The largest absolute Gasteiger partial charge is 0.481 e. The van der Waals surface area contributed by atoms with E-state index < -0.39 is 23.6 Å². The Balaban J connectivity index is 1.96. The van der Waals surface area contributed by atoms with Gasteiger partial charge in [-0.25, -0.2) is 0 Å². The number of halogens is 3. The maximum atomic E-state index is 12.3. The molecule has 0 atom stereocenters. The maximum Gasteiger partial charge on any atom is 0.417 e. The van der Waals surface area contributed by atoms with Crippen LogP contribution in [0.1, 0.15) is 22.5 Å². The van der Waals surface area contributed by atoms with Gasteiger partial charge in [0.05, 0.1) is 12.0 Å². The number of nitrogens with zero attached hydrogens (tertiary/aromatic N) is 2. The SMILES string of the molecule is O=C(O)CC1CN(C(=O)c2ccc(C(F)(F)F)cn2)C1. The predicted molar refractivity (Wildman–Crippen MR) is 60.9 cm³/mol. The van der Waals surface area contributed by atoms with E-state index in [1.165, 1.54) is 4.90 Å². The second-order valence-electron chi connectivity index (χ2n) is 4.60. The molecule has 20 heavy (non-hydrogen) atoms. The van der Waals surface area contributed by atoms with Crippen LogP contribution in [-0.4, -0.2) is 40.0 Å². The summed E-state index contributed by atoms with van der Waals surface area (Å²) in [7, 11) is 0. The zero-order chi connectivity index (χ0) is 14.9. The minimum atomic E-state index is -4.49. The van der Waals surface area contributed by atoms with Crippen molar-refractivity contribution in [3.05, 3.63) is 29.6 Å². The molecule has 0 aromatic carbocycles. The van der Waals surface area contributed by atoms with Crippen molar-refractivity contribution < 1.29 is 27.9 Å². The van der Waals surface area contributed by atoms with Crippen molar-refractivity contribution in [2.75, 3.05) is 13.1 Å². The van der Waals surface area contributed by atoms with Gasteiger partial charge in [0.15, 0.2) is 0 Å². The average Bonchev–Trinajstić information content (AvgIpc) is 2.31. The Bertz CT molecular complexity index is 522. The molecule has 1 aromatic rings. The van der Waals surface area contributed by atoms with Gasteiger partial charge in [-0.1, -0.05) is 0 Å². The lowest BCUT2D eigenvalue weighted by Crippen LogP contribution is -2.50. The van der Waals surface area contributed by atoms with Crippen molar-refractivity contribution in [1.29, 1.82) is 0 Å². The molecule has 8 heteroatoms.